The molecule has 31 heteroatoms. The molecule has 94 heavy (non-hydrogen) atoms. The number of carboxylic acids is 3. The molecular formula is C63H86N19O12-3. The summed E-state index contributed by atoms with van der Waals surface area (Å²) in [4.78, 5) is 147. The Balaban J connectivity index is 0.976. The van der Waals surface area contributed by atoms with Crippen molar-refractivity contribution in [2.24, 2.45) is 0 Å². The summed E-state index contributed by atoms with van der Waals surface area (Å²) in [7, 11) is 0. The Hall–Kier alpha value is -9.08. The van der Waals surface area contributed by atoms with Crippen LogP contribution in [0.25, 0.3) is 11.2 Å². The number of likely N-dealkylation sites (N-methyl/N-ethyl adjacent to an activating group) is 3. The van der Waals surface area contributed by atoms with Crippen molar-refractivity contribution < 1.29 is 53.7 Å². The zero-order valence-electron chi connectivity index (χ0n) is 53.6. The number of anilines is 6. The van der Waals surface area contributed by atoms with Crippen LogP contribution >= 0.6 is 0 Å². The van der Waals surface area contributed by atoms with E-state index in [1.165, 1.54) is 18.3 Å². The van der Waals surface area contributed by atoms with E-state index >= 15 is 0 Å². The number of nitrogens with zero attached hydrogens (tertiary/aromatic N) is 11. The molecule has 0 radical (unpaired) electrons. The Morgan fingerprint density at radius 1 is 0.489 bits per heavy atom. The summed E-state index contributed by atoms with van der Waals surface area (Å²) in [5.74, 6) is -6.13. The topological polar surface area (TPSA) is 401 Å². The number of H-pyrrole nitrogens is 1. The molecule has 3 aromatic carbocycles. The van der Waals surface area contributed by atoms with Gasteiger partial charge in [-0.15, -0.1) is 0 Å². The maximum atomic E-state index is 14.2. The monoisotopic (exact) mass is 1300 g/mol. The van der Waals surface area contributed by atoms with Crippen molar-refractivity contribution in [2.45, 2.75) is 46.2 Å². The lowest BCUT2D eigenvalue weighted by atomic mass is 10.1. The van der Waals surface area contributed by atoms with Crippen LogP contribution in [-0.2, 0) is 40.1 Å². The van der Waals surface area contributed by atoms with Gasteiger partial charge in [0.2, 0.25) is 29.6 Å². The first-order valence-corrected chi connectivity index (χ1v) is 31.6. The van der Waals surface area contributed by atoms with Crippen molar-refractivity contribution in [2.75, 3.05) is 189 Å². The number of carboxylic acid groups (broad SMARTS) is 3. The van der Waals surface area contributed by atoms with Gasteiger partial charge in [-0.1, -0.05) is 20.8 Å². The molecule has 9 N–H and O–H groups in total. The minimum Gasteiger partial charge on any atom is -0.549 e. The SMILES string of the molecule is CCN1CCN(CC)CCN(CC(=O)Nc2ccc(NC(=O)CCC(NC(=O)c3ccc(NCc4cnc5nc(N)[nH]c(=O)c5n4)cc3)C(=O)Nc3ccc(NC(=O)CN4CCN(CC(=O)[O-])CCN(CC)CCN(CC(=O)[O-])CC4)cc3)cc2)CCN(CC(=O)[O-])CC1. The molecule has 2 saturated heterocycles. The Morgan fingerprint density at radius 3 is 1.24 bits per heavy atom. The van der Waals surface area contributed by atoms with Gasteiger partial charge in [0, 0.05) is 165 Å². The average Bonchev–Trinajstić information content (AvgIpc) is 0.837. The summed E-state index contributed by atoms with van der Waals surface area (Å²) in [6, 6.07) is 17.8. The summed E-state index contributed by atoms with van der Waals surface area (Å²) in [6.07, 6.45) is 1.07. The minimum atomic E-state index is -1.26. The molecule has 0 saturated carbocycles. The van der Waals surface area contributed by atoms with E-state index in [4.69, 9.17) is 5.73 Å². The van der Waals surface area contributed by atoms with Crippen LogP contribution in [0.1, 0.15) is 49.7 Å². The molecule has 0 spiro atoms. The number of nitrogen functional groups attached to an aromatic ring is 1. The quantitative estimate of drug-likeness (QED) is 0.0269. The molecule has 5 amide bonds. The van der Waals surface area contributed by atoms with E-state index in [1.807, 2.05) is 21.6 Å². The highest BCUT2D eigenvalue weighted by Gasteiger charge is 2.25. The number of fused-ring (bicyclic) bond motifs is 1. The van der Waals surface area contributed by atoms with Crippen LogP contribution in [0.15, 0.2) is 83.8 Å². The Labute approximate surface area is 545 Å². The van der Waals surface area contributed by atoms with Crippen LogP contribution in [0.2, 0.25) is 0 Å². The van der Waals surface area contributed by atoms with Crippen molar-refractivity contribution in [1.82, 2.24) is 64.5 Å². The number of hydrogen-bond acceptors (Lipinski definition) is 25. The van der Waals surface area contributed by atoms with Crippen molar-refractivity contribution in [3.63, 3.8) is 0 Å². The second-order valence-corrected chi connectivity index (χ2v) is 23.1. The predicted molar refractivity (Wildman–Crippen MR) is 348 cm³/mol. The van der Waals surface area contributed by atoms with Gasteiger partial charge in [-0.3, -0.25) is 58.3 Å². The molecule has 508 valence electrons. The van der Waals surface area contributed by atoms with Crippen LogP contribution in [0, 0.1) is 0 Å². The Bertz CT molecular complexity index is 3370. The molecule has 2 fully saturated rings. The number of carbonyl (C=O) groups excluding carboxylic acids is 8. The molecule has 1 atom stereocenters. The first-order chi connectivity index (χ1) is 45.2. The fraction of sp³-hybridized carbons (Fsp3) is 0.492. The first kappa shape index (κ1) is 72.3. The molecule has 4 heterocycles. The van der Waals surface area contributed by atoms with Gasteiger partial charge in [0.1, 0.15) is 6.04 Å². The van der Waals surface area contributed by atoms with E-state index in [1.54, 1.807) is 70.5 Å². The highest BCUT2D eigenvalue weighted by molar-refractivity contribution is 6.02. The lowest BCUT2D eigenvalue weighted by Crippen LogP contribution is -2.50. The van der Waals surface area contributed by atoms with Gasteiger partial charge in [0.15, 0.2) is 11.2 Å². The number of nitrogens with two attached hydrogens (primary N) is 1. The van der Waals surface area contributed by atoms with Crippen molar-refractivity contribution in [3.8, 4) is 0 Å². The summed E-state index contributed by atoms with van der Waals surface area (Å²) in [5.41, 5.74) is 7.95. The maximum Gasteiger partial charge on any atom is 0.280 e. The molecule has 0 bridgehead atoms. The van der Waals surface area contributed by atoms with E-state index in [0.717, 1.165) is 32.7 Å². The highest BCUT2D eigenvalue weighted by atomic mass is 16.4. The van der Waals surface area contributed by atoms with E-state index in [2.05, 4.69) is 80.4 Å². The van der Waals surface area contributed by atoms with Crippen molar-refractivity contribution >= 4 is 93.0 Å². The first-order valence-electron chi connectivity index (χ1n) is 31.6. The third-order valence-corrected chi connectivity index (χ3v) is 16.3. The molecular weight excluding hydrogens is 1210 g/mol. The number of benzene rings is 3. The molecule has 2 aliphatic heterocycles. The molecule has 31 nitrogen and oxygen atoms in total. The number of carbonyl (C=O) groups is 8. The summed E-state index contributed by atoms with van der Waals surface area (Å²) in [6.45, 7) is 16.2. The van der Waals surface area contributed by atoms with Gasteiger partial charge in [-0.05, 0) is 98.9 Å². The normalized spacial score (nSPS) is 16.6. The molecule has 2 aromatic heterocycles. The molecule has 1 unspecified atom stereocenters. The standard InChI is InChI=1S/C63H89N19O12/c1-4-75-21-22-76(5-2)24-28-80(41-55(86)87)34-31-78(27-23-75)39-53(84)68-47-13-11-46(12-14-47)67-52(83)20-19-51(72-60(92)44-7-9-45(10-8-44)65-37-50-38-66-59-58(70-50)62(94)74-63(64)73-59)61(93)71-49-17-15-48(16-18-49)69-54(85)40-79-32-35-81(42-56(88)89)29-25-77(6-3)26-30-82(36-33-79)43-57(90)91/h7-18,38,51,65H,4-6,19-37,39-43H2,1-3H3,(H,67,83)(H,68,84)(H,69,85)(H,71,93)(H,72,92)(H,86,87)(H,88,89)(H,90,91)(H3,64,66,73,74,94)/p-3. The van der Waals surface area contributed by atoms with Crippen LogP contribution in [0.4, 0.5) is 34.4 Å². The molecule has 5 aromatic rings. The second kappa shape index (κ2) is 37.0. The van der Waals surface area contributed by atoms with Gasteiger partial charge in [-0.25, -0.2) is 9.97 Å². The number of aliphatic carboxylic acids is 3. The smallest absolute Gasteiger partial charge is 0.280 e. The van der Waals surface area contributed by atoms with E-state index in [0.29, 0.717) is 126 Å². The largest absolute Gasteiger partial charge is 0.549 e. The van der Waals surface area contributed by atoms with E-state index in [9.17, 15) is 58.5 Å². The molecule has 2 aliphatic rings. The zero-order chi connectivity index (χ0) is 67.5. The molecule has 7 rings (SSSR count). The van der Waals surface area contributed by atoms with E-state index in [-0.39, 0.29) is 80.7 Å². The predicted octanol–water partition coefficient (Wildman–Crippen LogP) is -3.31. The van der Waals surface area contributed by atoms with Gasteiger partial charge in [0.05, 0.1) is 49.4 Å². The zero-order valence-corrected chi connectivity index (χ0v) is 53.6. The van der Waals surface area contributed by atoms with E-state index < -0.39 is 53.1 Å². The lowest BCUT2D eigenvalue weighted by molar-refractivity contribution is -0.307. The number of rotatable bonds is 26. The van der Waals surface area contributed by atoms with Crippen molar-refractivity contribution in [1.29, 1.82) is 0 Å². The maximum absolute atomic E-state index is 14.2. The fourth-order valence-corrected chi connectivity index (χ4v) is 10.8. The highest BCUT2D eigenvalue weighted by Crippen LogP contribution is 2.19. The number of aromatic amines is 1. The number of amides is 5. The number of nitrogens with one attached hydrogen (secondary N) is 7. The van der Waals surface area contributed by atoms with Crippen LogP contribution < -0.4 is 58.5 Å². The lowest BCUT2D eigenvalue weighted by Gasteiger charge is -2.34. The van der Waals surface area contributed by atoms with Crippen LogP contribution in [0.3, 0.4) is 0 Å². The van der Waals surface area contributed by atoms with Crippen molar-refractivity contribution in [3.05, 3.63) is 101 Å². The van der Waals surface area contributed by atoms with Gasteiger partial charge in [-0.2, -0.15) is 4.98 Å². The number of aromatic nitrogens is 4. The average molecular weight is 1300 g/mol. The summed E-state index contributed by atoms with van der Waals surface area (Å²) < 4.78 is 0. The third-order valence-electron chi connectivity index (χ3n) is 16.3. The Morgan fingerprint density at radius 2 is 0.851 bits per heavy atom. The van der Waals surface area contributed by atoms with Gasteiger partial charge >= 0.3 is 0 Å². The van der Waals surface area contributed by atoms with Gasteiger partial charge in [0.25, 0.3) is 11.5 Å². The third kappa shape index (κ3) is 24.8. The van der Waals surface area contributed by atoms with Crippen LogP contribution in [0.5, 0.6) is 0 Å². The minimum absolute atomic E-state index is 0.0150. The summed E-state index contributed by atoms with van der Waals surface area (Å²) in [5, 5.41) is 52.2. The summed E-state index contributed by atoms with van der Waals surface area (Å²) >= 11 is 0. The van der Waals surface area contributed by atoms with Crippen LogP contribution in [-0.4, -0.2) is 270 Å². The van der Waals surface area contributed by atoms with Gasteiger partial charge < -0.3 is 82.0 Å². The second-order valence-electron chi connectivity index (χ2n) is 23.1. The number of hydrogen-bond donors (Lipinski definition) is 8. The Kier molecular flexibility index (Phi) is 28.5. The fourth-order valence-electron chi connectivity index (χ4n) is 10.8. The molecule has 0 aliphatic carbocycles.